The number of esters is 1. The van der Waals surface area contributed by atoms with Crippen LogP contribution in [0.2, 0.25) is 0 Å². The molecule has 0 saturated heterocycles. The Bertz CT molecular complexity index is 550. The maximum absolute atomic E-state index is 11.5. The topological polar surface area (TPSA) is 73.9 Å². The summed E-state index contributed by atoms with van der Waals surface area (Å²) in [6, 6.07) is 9.24. The molecule has 0 fully saturated rings. The van der Waals surface area contributed by atoms with Gasteiger partial charge in [-0.2, -0.15) is 0 Å². The Morgan fingerprint density at radius 2 is 2.05 bits per heavy atom. The first-order valence-corrected chi connectivity index (χ1v) is 6.39. The van der Waals surface area contributed by atoms with Crippen LogP contribution in [0.15, 0.2) is 54.5 Å². The molecule has 0 aliphatic carbocycles. The molecule has 0 unspecified atom stereocenters. The molecule has 6 heteroatoms. The van der Waals surface area contributed by atoms with Crippen LogP contribution >= 0.6 is 0 Å². The number of benzene rings is 1. The Labute approximate surface area is 122 Å². The minimum Gasteiger partial charge on any atom is -0.461 e. The average molecular weight is 289 g/mol. The fraction of sp³-hybridized carbons (Fsp3) is 0.200. The molecule has 1 aliphatic rings. The Kier molecular flexibility index (Phi) is 5.40. The van der Waals surface area contributed by atoms with Crippen LogP contribution in [0, 0.1) is 0 Å². The summed E-state index contributed by atoms with van der Waals surface area (Å²) in [5.41, 5.74) is 0.864. The largest absolute Gasteiger partial charge is 0.461 e. The third kappa shape index (κ3) is 5.40. The minimum atomic E-state index is -0.686. The van der Waals surface area contributed by atoms with Crippen LogP contribution in [0.5, 0.6) is 0 Å². The Balaban J connectivity index is 1.65. The highest BCUT2D eigenvalue weighted by atomic mass is 16.7. The molecule has 0 saturated carbocycles. The van der Waals surface area contributed by atoms with Gasteiger partial charge in [0, 0.05) is 6.08 Å². The van der Waals surface area contributed by atoms with Crippen LogP contribution in [-0.2, 0) is 25.6 Å². The summed E-state index contributed by atoms with van der Waals surface area (Å²) >= 11 is 0. The van der Waals surface area contributed by atoms with Crippen LogP contribution in [0.1, 0.15) is 5.56 Å². The average Bonchev–Trinajstić information content (AvgIpc) is 2.53. The normalized spacial score (nSPS) is 12.9. The number of ether oxygens (including phenoxy) is 3. The summed E-state index contributed by atoms with van der Waals surface area (Å²) in [6.07, 6.45) is 4.33. The first-order valence-electron chi connectivity index (χ1n) is 6.39. The molecule has 1 aromatic rings. The van der Waals surface area contributed by atoms with Gasteiger partial charge in [0.2, 0.25) is 0 Å². The van der Waals surface area contributed by atoms with Gasteiger partial charge in [0.05, 0.1) is 0 Å². The number of alkyl carbamates (subject to hydrolysis) is 1. The van der Waals surface area contributed by atoms with Crippen LogP contribution in [0.3, 0.4) is 0 Å². The second kappa shape index (κ2) is 7.74. The molecule has 1 N–H and O–H groups in total. The van der Waals surface area contributed by atoms with E-state index in [1.54, 1.807) is 12.2 Å². The Morgan fingerprint density at radius 1 is 1.24 bits per heavy atom. The molecule has 1 aliphatic heterocycles. The first kappa shape index (κ1) is 14.6. The van der Waals surface area contributed by atoms with Crippen molar-refractivity contribution in [2.75, 3.05) is 13.2 Å². The Morgan fingerprint density at radius 3 is 2.76 bits per heavy atom. The quantitative estimate of drug-likeness (QED) is 0.838. The number of hydrogen-bond donors (Lipinski definition) is 1. The maximum atomic E-state index is 11.5. The van der Waals surface area contributed by atoms with Gasteiger partial charge < -0.3 is 19.5 Å². The van der Waals surface area contributed by atoms with Gasteiger partial charge in [0.15, 0.2) is 0 Å². The van der Waals surface area contributed by atoms with Gasteiger partial charge in [0.25, 0.3) is 5.95 Å². The smallest absolute Gasteiger partial charge is 0.407 e. The van der Waals surface area contributed by atoms with Crippen molar-refractivity contribution < 1.29 is 23.8 Å². The van der Waals surface area contributed by atoms with E-state index < -0.39 is 12.1 Å². The van der Waals surface area contributed by atoms with E-state index in [-0.39, 0.29) is 19.1 Å². The fourth-order valence-corrected chi connectivity index (χ4v) is 1.51. The third-order valence-corrected chi connectivity index (χ3v) is 2.49. The molecule has 6 nitrogen and oxygen atoms in total. The molecule has 0 bridgehead atoms. The molecular formula is C15H15NO5. The standard InChI is InChI=1S/C15H15NO5/c17-13(21-14-8-4-5-9-19-14)10-16-15(18)20-11-12-6-2-1-3-7-12/h1-8H,9-11H2,(H,16,18). The molecule has 2 rings (SSSR count). The molecule has 0 atom stereocenters. The van der Waals surface area contributed by atoms with E-state index in [9.17, 15) is 9.59 Å². The van der Waals surface area contributed by atoms with Crippen molar-refractivity contribution in [3.05, 3.63) is 60.1 Å². The minimum absolute atomic E-state index is 0.113. The number of carbonyl (C=O) groups excluding carboxylic acids is 2. The SMILES string of the molecule is O=C(CNC(=O)OCc1ccccc1)OC1=CC=CCO1. The molecule has 110 valence electrons. The predicted molar refractivity (Wildman–Crippen MR) is 73.9 cm³/mol. The maximum Gasteiger partial charge on any atom is 0.407 e. The van der Waals surface area contributed by atoms with Crippen molar-refractivity contribution in [2.24, 2.45) is 0 Å². The molecule has 1 aromatic carbocycles. The van der Waals surface area contributed by atoms with Crippen molar-refractivity contribution in [1.82, 2.24) is 5.32 Å². The summed E-state index contributed by atoms with van der Waals surface area (Å²) in [5, 5.41) is 2.31. The number of nitrogens with one attached hydrogen (secondary N) is 1. The molecule has 21 heavy (non-hydrogen) atoms. The van der Waals surface area contributed by atoms with Gasteiger partial charge in [-0.05, 0) is 11.6 Å². The van der Waals surface area contributed by atoms with E-state index in [0.717, 1.165) is 5.56 Å². The van der Waals surface area contributed by atoms with Gasteiger partial charge in [-0.25, -0.2) is 9.59 Å². The van der Waals surface area contributed by atoms with Crippen molar-refractivity contribution in [3.63, 3.8) is 0 Å². The van der Waals surface area contributed by atoms with Gasteiger partial charge in [0.1, 0.15) is 19.8 Å². The summed E-state index contributed by atoms with van der Waals surface area (Å²) in [4.78, 5) is 22.9. The van der Waals surface area contributed by atoms with Crippen molar-refractivity contribution in [3.8, 4) is 0 Å². The molecule has 1 heterocycles. The van der Waals surface area contributed by atoms with E-state index in [0.29, 0.717) is 6.61 Å². The van der Waals surface area contributed by atoms with Crippen LogP contribution in [0.4, 0.5) is 4.79 Å². The predicted octanol–water partition coefficient (Wildman–Crippen LogP) is 1.88. The van der Waals surface area contributed by atoms with E-state index in [2.05, 4.69) is 5.32 Å². The molecular weight excluding hydrogens is 274 g/mol. The van der Waals surface area contributed by atoms with Gasteiger partial charge in [-0.1, -0.05) is 36.4 Å². The highest BCUT2D eigenvalue weighted by molar-refractivity contribution is 5.78. The Hall–Kier alpha value is -2.76. The number of rotatable bonds is 5. The third-order valence-electron chi connectivity index (χ3n) is 2.49. The molecule has 1 amide bonds. The van der Waals surface area contributed by atoms with E-state index in [1.807, 2.05) is 30.3 Å². The zero-order chi connectivity index (χ0) is 14.9. The second-order valence-electron chi connectivity index (χ2n) is 4.11. The zero-order valence-electron chi connectivity index (χ0n) is 11.3. The second-order valence-corrected chi connectivity index (χ2v) is 4.11. The number of hydrogen-bond acceptors (Lipinski definition) is 5. The highest BCUT2D eigenvalue weighted by Crippen LogP contribution is 2.05. The van der Waals surface area contributed by atoms with E-state index in [4.69, 9.17) is 14.2 Å². The monoisotopic (exact) mass is 289 g/mol. The molecule has 0 radical (unpaired) electrons. The zero-order valence-corrected chi connectivity index (χ0v) is 11.3. The summed E-state index contributed by atoms with van der Waals surface area (Å²) in [5.74, 6) is -0.518. The lowest BCUT2D eigenvalue weighted by atomic mass is 10.2. The first-order chi connectivity index (χ1) is 10.2. The lowest BCUT2D eigenvalue weighted by Crippen LogP contribution is -2.31. The van der Waals surface area contributed by atoms with Crippen LogP contribution < -0.4 is 5.32 Å². The highest BCUT2D eigenvalue weighted by Gasteiger charge is 2.11. The molecule has 0 aromatic heterocycles. The number of amides is 1. The van der Waals surface area contributed by atoms with Gasteiger partial charge >= 0.3 is 12.1 Å². The lowest BCUT2D eigenvalue weighted by molar-refractivity contribution is -0.143. The van der Waals surface area contributed by atoms with Crippen LogP contribution in [0.25, 0.3) is 0 Å². The van der Waals surface area contributed by atoms with Crippen molar-refractivity contribution in [1.29, 1.82) is 0 Å². The van der Waals surface area contributed by atoms with Gasteiger partial charge in [-0.3, -0.25) is 0 Å². The van der Waals surface area contributed by atoms with E-state index >= 15 is 0 Å². The lowest BCUT2D eigenvalue weighted by Gasteiger charge is -2.11. The van der Waals surface area contributed by atoms with Crippen LogP contribution in [-0.4, -0.2) is 25.2 Å². The number of allylic oxidation sites excluding steroid dienone is 2. The molecule has 0 spiro atoms. The van der Waals surface area contributed by atoms with Crippen molar-refractivity contribution in [2.45, 2.75) is 6.61 Å². The summed E-state index contributed by atoms with van der Waals surface area (Å²) in [7, 11) is 0. The van der Waals surface area contributed by atoms with Gasteiger partial charge in [-0.15, -0.1) is 0 Å². The fourth-order valence-electron chi connectivity index (χ4n) is 1.51. The summed E-state index contributed by atoms with van der Waals surface area (Å²) in [6.45, 7) is 0.199. The summed E-state index contributed by atoms with van der Waals surface area (Å²) < 4.78 is 14.9. The van der Waals surface area contributed by atoms with Crippen molar-refractivity contribution >= 4 is 12.1 Å². The van der Waals surface area contributed by atoms with E-state index in [1.165, 1.54) is 6.08 Å². The number of carbonyl (C=O) groups is 2.